The summed E-state index contributed by atoms with van der Waals surface area (Å²) in [4.78, 5) is 1.76. The van der Waals surface area contributed by atoms with Crippen LogP contribution in [0.1, 0.15) is 58.3 Å². The van der Waals surface area contributed by atoms with Gasteiger partial charge in [-0.05, 0) is 44.9 Å². The first-order valence-electron chi connectivity index (χ1n) is 7.32. The largest absolute Gasteiger partial charge is 0.328 e. The molecule has 2 saturated heterocycles. The van der Waals surface area contributed by atoms with E-state index in [0.29, 0.717) is 6.10 Å². The monoisotopic (exact) mass is 224 g/mol. The lowest BCUT2D eigenvalue weighted by molar-refractivity contribution is -0.969. The lowest BCUT2D eigenvalue weighted by Gasteiger charge is -2.36. The van der Waals surface area contributed by atoms with Gasteiger partial charge in [0.05, 0.1) is 18.2 Å². The van der Waals surface area contributed by atoms with Crippen LogP contribution in [0.15, 0.2) is 0 Å². The molecule has 2 aliphatic heterocycles. The molecule has 3 aliphatic rings. The molecule has 1 N–H and O–H groups in total. The third-order valence-corrected chi connectivity index (χ3v) is 5.24. The summed E-state index contributed by atoms with van der Waals surface area (Å²) in [5, 5.41) is 0. The van der Waals surface area contributed by atoms with Gasteiger partial charge in [0.1, 0.15) is 0 Å². The van der Waals surface area contributed by atoms with E-state index in [2.05, 4.69) is 6.92 Å². The van der Waals surface area contributed by atoms with Crippen molar-refractivity contribution < 1.29 is 9.64 Å². The quantitative estimate of drug-likeness (QED) is 0.662. The maximum Gasteiger partial charge on any atom is 0.182 e. The fourth-order valence-corrected chi connectivity index (χ4v) is 4.20. The highest BCUT2D eigenvalue weighted by Crippen LogP contribution is 2.32. The zero-order valence-electron chi connectivity index (χ0n) is 10.6. The van der Waals surface area contributed by atoms with Gasteiger partial charge in [-0.15, -0.1) is 0 Å². The fraction of sp³-hybridized carbons (Fsp3) is 1.00. The SMILES string of the molecule is C[C@@H]1CCC[C@@H]2C[C@@H]3CCCC[C@H]3OC[NH+]21. The van der Waals surface area contributed by atoms with Crippen LogP contribution in [0.5, 0.6) is 0 Å². The average molecular weight is 224 g/mol. The molecule has 0 aromatic heterocycles. The standard InChI is InChI=1S/C14H25NO/c1-11-5-4-7-13-9-12-6-2-3-8-14(12)16-10-15(11)13/h11-14H,2-10H2,1H3/p+1/t11-,12+,13-,14-/m1/s1. The van der Waals surface area contributed by atoms with Crippen molar-refractivity contribution >= 4 is 0 Å². The zero-order valence-corrected chi connectivity index (χ0v) is 10.6. The average Bonchev–Trinajstić information content (AvgIpc) is 2.48. The number of ether oxygens (including phenoxy) is 1. The lowest BCUT2D eigenvalue weighted by Crippen LogP contribution is -3.19. The van der Waals surface area contributed by atoms with Gasteiger partial charge in [0.15, 0.2) is 6.73 Å². The van der Waals surface area contributed by atoms with Gasteiger partial charge < -0.3 is 9.64 Å². The number of quaternary nitrogens is 1. The van der Waals surface area contributed by atoms with E-state index in [-0.39, 0.29) is 0 Å². The maximum atomic E-state index is 6.21. The predicted molar refractivity (Wildman–Crippen MR) is 64.4 cm³/mol. The van der Waals surface area contributed by atoms with Crippen LogP contribution >= 0.6 is 0 Å². The molecule has 0 amide bonds. The van der Waals surface area contributed by atoms with Gasteiger partial charge in [-0.1, -0.05) is 12.8 Å². The van der Waals surface area contributed by atoms with E-state index in [4.69, 9.17) is 4.74 Å². The van der Waals surface area contributed by atoms with E-state index in [9.17, 15) is 0 Å². The molecular weight excluding hydrogens is 198 g/mol. The van der Waals surface area contributed by atoms with Crippen LogP contribution in [-0.2, 0) is 4.74 Å². The third-order valence-electron chi connectivity index (χ3n) is 5.24. The normalized spacial score (nSPS) is 48.9. The van der Waals surface area contributed by atoms with Crippen LogP contribution < -0.4 is 4.90 Å². The summed E-state index contributed by atoms with van der Waals surface area (Å²) >= 11 is 0. The first-order valence-corrected chi connectivity index (χ1v) is 7.32. The molecule has 1 aliphatic carbocycles. The highest BCUT2D eigenvalue weighted by atomic mass is 16.5. The van der Waals surface area contributed by atoms with Gasteiger partial charge in [-0.2, -0.15) is 0 Å². The Morgan fingerprint density at radius 1 is 1.00 bits per heavy atom. The van der Waals surface area contributed by atoms with Crippen LogP contribution in [0.2, 0.25) is 0 Å². The summed E-state index contributed by atoms with van der Waals surface area (Å²) in [7, 11) is 0. The van der Waals surface area contributed by atoms with Crippen molar-refractivity contribution in [1.29, 1.82) is 0 Å². The number of rotatable bonds is 0. The highest BCUT2D eigenvalue weighted by Gasteiger charge is 2.40. The molecule has 92 valence electrons. The maximum absolute atomic E-state index is 6.21. The molecule has 16 heavy (non-hydrogen) atoms. The van der Waals surface area contributed by atoms with Gasteiger partial charge in [-0.25, -0.2) is 0 Å². The van der Waals surface area contributed by atoms with Gasteiger partial charge in [0.2, 0.25) is 0 Å². The van der Waals surface area contributed by atoms with Crippen molar-refractivity contribution in [2.24, 2.45) is 5.92 Å². The lowest BCUT2D eigenvalue weighted by atomic mass is 9.80. The molecule has 1 unspecified atom stereocenters. The topological polar surface area (TPSA) is 13.7 Å². The molecule has 5 atom stereocenters. The first-order chi connectivity index (χ1) is 7.84. The van der Waals surface area contributed by atoms with E-state index >= 15 is 0 Å². The van der Waals surface area contributed by atoms with E-state index in [1.54, 1.807) is 4.90 Å². The van der Waals surface area contributed by atoms with Gasteiger partial charge in [0.25, 0.3) is 0 Å². The predicted octanol–water partition coefficient (Wildman–Crippen LogP) is 1.75. The van der Waals surface area contributed by atoms with Gasteiger partial charge in [-0.3, -0.25) is 0 Å². The minimum absolute atomic E-state index is 0.610. The Bertz CT molecular complexity index is 243. The van der Waals surface area contributed by atoms with Crippen LogP contribution in [0, 0.1) is 5.92 Å². The van der Waals surface area contributed by atoms with E-state index in [1.807, 2.05) is 0 Å². The van der Waals surface area contributed by atoms with Crippen LogP contribution in [-0.4, -0.2) is 24.9 Å². The second-order valence-corrected chi connectivity index (χ2v) is 6.23. The summed E-state index contributed by atoms with van der Waals surface area (Å²) in [6, 6.07) is 1.75. The molecule has 2 heterocycles. The summed E-state index contributed by atoms with van der Waals surface area (Å²) in [5.41, 5.74) is 0. The van der Waals surface area contributed by atoms with Crippen LogP contribution in [0.4, 0.5) is 0 Å². The second-order valence-electron chi connectivity index (χ2n) is 6.23. The molecule has 3 fully saturated rings. The van der Waals surface area contributed by atoms with Crippen molar-refractivity contribution in [1.82, 2.24) is 0 Å². The summed E-state index contributed by atoms with van der Waals surface area (Å²) in [6.45, 7) is 3.41. The highest BCUT2D eigenvalue weighted by molar-refractivity contribution is 4.81. The molecule has 0 spiro atoms. The molecule has 1 saturated carbocycles. The number of piperidine rings is 1. The Morgan fingerprint density at radius 2 is 1.88 bits per heavy atom. The van der Waals surface area contributed by atoms with Crippen molar-refractivity contribution in [3.05, 3.63) is 0 Å². The molecule has 0 aromatic rings. The smallest absolute Gasteiger partial charge is 0.182 e. The van der Waals surface area contributed by atoms with Gasteiger partial charge in [0, 0.05) is 6.42 Å². The van der Waals surface area contributed by atoms with E-state index < -0.39 is 0 Å². The first kappa shape index (κ1) is 11.0. The number of nitrogens with one attached hydrogen (secondary N) is 1. The fourth-order valence-electron chi connectivity index (χ4n) is 4.20. The molecule has 0 aromatic carbocycles. The molecule has 2 heteroatoms. The number of hydrogen-bond donors (Lipinski definition) is 1. The Labute approximate surface area is 99.3 Å². The van der Waals surface area contributed by atoms with Crippen molar-refractivity contribution in [3.8, 4) is 0 Å². The van der Waals surface area contributed by atoms with Crippen molar-refractivity contribution in [2.75, 3.05) is 6.73 Å². The number of fused-ring (bicyclic) bond motifs is 2. The van der Waals surface area contributed by atoms with Crippen LogP contribution in [0.3, 0.4) is 0 Å². The Balaban J connectivity index is 1.72. The van der Waals surface area contributed by atoms with Crippen molar-refractivity contribution in [2.45, 2.75) is 76.5 Å². The summed E-state index contributed by atoms with van der Waals surface area (Å²) in [5.74, 6) is 0.890. The summed E-state index contributed by atoms with van der Waals surface area (Å²) in [6.07, 6.45) is 12.0. The molecular formula is C14H26NO+. The van der Waals surface area contributed by atoms with E-state index in [0.717, 1.165) is 24.7 Å². The summed E-state index contributed by atoms with van der Waals surface area (Å²) < 4.78 is 6.21. The minimum Gasteiger partial charge on any atom is -0.328 e. The Morgan fingerprint density at radius 3 is 2.81 bits per heavy atom. The third kappa shape index (κ3) is 2.02. The van der Waals surface area contributed by atoms with Crippen LogP contribution in [0.25, 0.3) is 0 Å². The molecule has 2 nitrogen and oxygen atoms in total. The second kappa shape index (κ2) is 4.66. The number of hydrogen-bond acceptors (Lipinski definition) is 1. The minimum atomic E-state index is 0.610. The zero-order chi connectivity index (χ0) is 11.0. The molecule has 0 bridgehead atoms. The Hall–Kier alpha value is -0.0800. The van der Waals surface area contributed by atoms with Crippen molar-refractivity contribution in [3.63, 3.8) is 0 Å². The molecule has 0 radical (unpaired) electrons. The van der Waals surface area contributed by atoms with Gasteiger partial charge >= 0.3 is 0 Å². The Kier molecular flexibility index (Phi) is 3.21. The van der Waals surface area contributed by atoms with E-state index in [1.165, 1.54) is 51.4 Å². The molecule has 3 rings (SSSR count).